The van der Waals surface area contributed by atoms with E-state index in [0.29, 0.717) is 0 Å². The van der Waals surface area contributed by atoms with Crippen LogP contribution in [0.3, 0.4) is 0 Å². The zero-order chi connectivity index (χ0) is 8.85. The van der Waals surface area contributed by atoms with Gasteiger partial charge >= 0.3 is 0 Å². The van der Waals surface area contributed by atoms with Gasteiger partial charge < -0.3 is 5.73 Å². The zero-order valence-electron chi connectivity index (χ0n) is 7.14. The minimum atomic E-state index is 0.152. The molecule has 0 fully saturated rings. The van der Waals surface area contributed by atoms with E-state index in [4.69, 9.17) is 11.1 Å². The van der Waals surface area contributed by atoms with Gasteiger partial charge in [0.2, 0.25) is 0 Å². The van der Waals surface area contributed by atoms with Crippen molar-refractivity contribution in [3.05, 3.63) is 21.9 Å². The Morgan fingerprint density at radius 3 is 2.27 bits per heavy atom. The molecule has 0 amide bonds. The van der Waals surface area contributed by atoms with Crippen LogP contribution in [-0.4, -0.2) is 5.84 Å². The lowest BCUT2D eigenvalue weighted by Gasteiger charge is -1.86. The lowest BCUT2D eigenvalue weighted by molar-refractivity contribution is 1.43. The van der Waals surface area contributed by atoms with E-state index in [9.17, 15) is 0 Å². The smallest absolute Gasteiger partial charge is 0.123 e. The molecule has 0 radical (unpaired) electrons. The van der Waals surface area contributed by atoms with Crippen molar-refractivity contribution in [3.63, 3.8) is 0 Å². The van der Waals surface area contributed by atoms with Crippen molar-refractivity contribution in [2.75, 3.05) is 0 Å². The lowest BCUT2D eigenvalue weighted by Crippen LogP contribution is -2.09. The first-order valence-corrected chi connectivity index (χ1v) is 4.47. The van der Waals surface area contributed by atoms with Crippen molar-refractivity contribution in [1.82, 2.24) is 0 Å². The van der Waals surface area contributed by atoms with Gasteiger partial charge in [-0.05, 0) is 13.0 Å². The third-order valence-electron chi connectivity index (χ3n) is 1.04. The zero-order valence-corrected chi connectivity index (χ0v) is 7.96. The average molecular weight is 170 g/mol. The van der Waals surface area contributed by atoms with Gasteiger partial charge in [0.25, 0.3) is 0 Å². The van der Waals surface area contributed by atoms with Crippen molar-refractivity contribution in [3.8, 4) is 0 Å². The van der Waals surface area contributed by atoms with Gasteiger partial charge in [-0.2, -0.15) is 0 Å². The van der Waals surface area contributed by atoms with E-state index in [1.54, 1.807) is 11.3 Å². The molecule has 0 aromatic carbocycles. The second kappa shape index (κ2) is 4.91. The highest BCUT2D eigenvalue weighted by molar-refractivity contribution is 7.10. The normalized spacial score (nSPS) is 8.27. The molecule has 0 aliphatic carbocycles. The summed E-state index contributed by atoms with van der Waals surface area (Å²) < 4.78 is 0. The van der Waals surface area contributed by atoms with Gasteiger partial charge in [0, 0.05) is 15.8 Å². The van der Waals surface area contributed by atoms with Crippen LogP contribution in [0.4, 0.5) is 0 Å². The summed E-state index contributed by atoms with van der Waals surface area (Å²) in [5.74, 6) is 0.152. The molecule has 1 aromatic rings. The van der Waals surface area contributed by atoms with Gasteiger partial charge in [-0.25, -0.2) is 0 Å². The van der Waals surface area contributed by atoms with Gasteiger partial charge in [0.15, 0.2) is 0 Å². The molecule has 2 nitrogen and oxygen atoms in total. The largest absolute Gasteiger partial charge is 0.384 e. The van der Waals surface area contributed by atoms with Crippen LogP contribution in [0.15, 0.2) is 11.4 Å². The van der Waals surface area contributed by atoms with E-state index in [0.717, 1.165) is 5.56 Å². The van der Waals surface area contributed by atoms with Crippen molar-refractivity contribution >= 4 is 17.2 Å². The number of amidine groups is 1. The molecule has 0 atom stereocenters. The molecule has 1 heterocycles. The van der Waals surface area contributed by atoms with Gasteiger partial charge in [-0.15, -0.1) is 11.3 Å². The van der Waals surface area contributed by atoms with E-state index >= 15 is 0 Å². The fourth-order valence-electron chi connectivity index (χ4n) is 0.585. The third kappa shape index (κ3) is 3.18. The maximum atomic E-state index is 7.03. The molecule has 1 rings (SSSR count). The molecule has 0 spiro atoms. The molecule has 3 heteroatoms. The predicted molar refractivity (Wildman–Crippen MR) is 51.4 cm³/mol. The topological polar surface area (TPSA) is 49.9 Å². The lowest BCUT2D eigenvalue weighted by atomic mass is 10.3. The fourth-order valence-corrected chi connectivity index (χ4v) is 1.29. The third-order valence-corrected chi connectivity index (χ3v) is 1.90. The summed E-state index contributed by atoms with van der Waals surface area (Å²) >= 11 is 1.61. The van der Waals surface area contributed by atoms with E-state index < -0.39 is 0 Å². The molecule has 0 aliphatic rings. The Kier molecular flexibility index (Phi) is 4.54. The van der Waals surface area contributed by atoms with Gasteiger partial charge in [-0.3, -0.25) is 5.41 Å². The number of aryl methyl sites for hydroxylation is 1. The van der Waals surface area contributed by atoms with E-state index in [1.807, 2.05) is 32.2 Å². The summed E-state index contributed by atoms with van der Waals surface area (Å²) in [4.78, 5) is 1.19. The van der Waals surface area contributed by atoms with Crippen molar-refractivity contribution in [2.24, 2.45) is 5.73 Å². The number of nitrogens with one attached hydrogen (secondary N) is 1. The predicted octanol–water partition coefficient (Wildman–Crippen LogP) is 2.37. The number of rotatable bonds is 1. The number of hydrogen-bond acceptors (Lipinski definition) is 2. The summed E-state index contributed by atoms with van der Waals surface area (Å²) in [7, 11) is 0. The van der Waals surface area contributed by atoms with Crippen LogP contribution in [0.1, 0.15) is 24.3 Å². The van der Waals surface area contributed by atoms with Crippen molar-refractivity contribution in [2.45, 2.75) is 20.8 Å². The average Bonchev–Trinajstić information content (AvgIpc) is 2.40. The Hall–Kier alpha value is -0.830. The van der Waals surface area contributed by atoms with E-state index in [1.165, 1.54) is 4.88 Å². The maximum Gasteiger partial charge on any atom is 0.123 e. The van der Waals surface area contributed by atoms with Gasteiger partial charge in [-0.1, -0.05) is 13.8 Å². The highest BCUT2D eigenvalue weighted by Gasteiger charge is 1.96. The molecule has 0 bridgehead atoms. The standard InChI is InChI=1S/C6H8N2S.C2H6/c1-4-2-5(3-9-4)6(7)8;1-2/h2-3H,1H3,(H3,7,8);1-2H3. The van der Waals surface area contributed by atoms with Crippen LogP contribution in [-0.2, 0) is 0 Å². The maximum absolute atomic E-state index is 7.03. The summed E-state index contributed by atoms with van der Waals surface area (Å²) in [6, 6.07) is 1.91. The van der Waals surface area contributed by atoms with Crippen LogP contribution in [0.25, 0.3) is 0 Å². The fraction of sp³-hybridized carbons (Fsp3) is 0.375. The highest BCUT2D eigenvalue weighted by Crippen LogP contribution is 2.11. The molecule has 3 N–H and O–H groups in total. The first-order chi connectivity index (χ1) is 5.20. The van der Waals surface area contributed by atoms with Crippen LogP contribution in [0, 0.1) is 12.3 Å². The number of nitrogens with two attached hydrogens (primary N) is 1. The van der Waals surface area contributed by atoms with Crippen molar-refractivity contribution in [1.29, 1.82) is 5.41 Å². The second-order valence-corrected chi connectivity index (χ2v) is 2.98. The summed E-state index contributed by atoms with van der Waals surface area (Å²) in [5, 5.41) is 8.92. The van der Waals surface area contributed by atoms with E-state index in [2.05, 4.69) is 0 Å². The summed E-state index contributed by atoms with van der Waals surface area (Å²) in [5.41, 5.74) is 6.05. The molecule has 62 valence electrons. The van der Waals surface area contributed by atoms with Crippen molar-refractivity contribution < 1.29 is 0 Å². The molecule has 1 aromatic heterocycles. The second-order valence-electron chi connectivity index (χ2n) is 1.86. The number of thiophene rings is 1. The van der Waals surface area contributed by atoms with Crippen LogP contribution in [0.2, 0.25) is 0 Å². The quantitative estimate of drug-likeness (QED) is 0.493. The Morgan fingerprint density at radius 1 is 1.55 bits per heavy atom. The summed E-state index contributed by atoms with van der Waals surface area (Å²) in [6.45, 7) is 6.00. The van der Waals surface area contributed by atoms with Gasteiger partial charge in [0.05, 0.1) is 0 Å². The first kappa shape index (κ1) is 10.2. The molecule has 11 heavy (non-hydrogen) atoms. The number of nitrogen functional groups attached to an aromatic ring is 1. The molecule has 0 aliphatic heterocycles. The molecule has 0 unspecified atom stereocenters. The Morgan fingerprint density at radius 2 is 2.09 bits per heavy atom. The van der Waals surface area contributed by atoms with Crippen LogP contribution < -0.4 is 5.73 Å². The molecule has 0 saturated carbocycles. The SMILES string of the molecule is CC.Cc1cc(C(=N)N)cs1. The number of hydrogen-bond donors (Lipinski definition) is 2. The monoisotopic (exact) mass is 170 g/mol. The van der Waals surface area contributed by atoms with Crippen LogP contribution in [0.5, 0.6) is 0 Å². The molecule has 0 saturated heterocycles. The first-order valence-electron chi connectivity index (χ1n) is 3.59. The minimum Gasteiger partial charge on any atom is -0.384 e. The Bertz CT molecular complexity index is 228. The summed E-state index contributed by atoms with van der Waals surface area (Å²) in [6.07, 6.45) is 0. The minimum absolute atomic E-state index is 0.152. The Labute approximate surface area is 71.6 Å². The highest BCUT2D eigenvalue weighted by atomic mass is 32.1. The Balaban J connectivity index is 0.000000461. The van der Waals surface area contributed by atoms with Crippen LogP contribution >= 0.6 is 11.3 Å². The van der Waals surface area contributed by atoms with Gasteiger partial charge in [0.1, 0.15) is 5.84 Å². The molecular weight excluding hydrogens is 156 g/mol. The molecular formula is C8H14N2S. The van der Waals surface area contributed by atoms with E-state index in [-0.39, 0.29) is 5.84 Å².